The lowest BCUT2D eigenvalue weighted by atomic mass is 10.1. The van der Waals surface area contributed by atoms with Gasteiger partial charge in [0.25, 0.3) is 5.91 Å². The van der Waals surface area contributed by atoms with Crippen LogP contribution in [0.2, 0.25) is 0 Å². The summed E-state index contributed by atoms with van der Waals surface area (Å²) in [5.74, 6) is -0.618. The molecular weight excluding hydrogens is 251 g/mol. The number of carbonyl (C=O) groups is 1. The molecule has 1 rings (SSSR count). The van der Waals surface area contributed by atoms with Crippen molar-refractivity contribution in [2.75, 3.05) is 20.6 Å². The number of nitrogens with zero attached hydrogens (tertiary/aromatic N) is 1. The Labute approximate surface area is 113 Å². The van der Waals surface area contributed by atoms with Crippen LogP contribution >= 0.6 is 12.6 Å². The second-order valence-electron chi connectivity index (χ2n) is 4.63. The van der Waals surface area contributed by atoms with E-state index in [9.17, 15) is 9.18 Å². The topological polar surface area (TPSA) is 32.3 Å². The molecule has 1 aromatic rings. The van der Waals surface area contributed by atoms with Gasteiger partial charge in [-0.25, -0.2) is 4.39 Å². The Kier molecular flexibility index (Phi) is 5.62. The number of nitrogens with one attached hydrogen (secondary N) is 1. The van der Waals surface area contributed by atoms with Gasteiger partial charge in [-0.2, -0.15) is 0 Å². The zero-order valence-corrected chi connectivity index (χ0v) is 11.8. The number of halogens is 1. The van der Waals surface area contributed by atoms with E-state index in [1.807, 2.05) is 21.0 Å². The highest BCUT2D eigenvalue weighted by Gasteiger charge is 2.11. The molecule has 18 heavy (non-hydrogen) atoms. The smallest absolute Gasteiger partial charge is 0.251 e. The highest BCUT2D eigenvalue weighted by Crippen LogP contribution is 2.14. The molecule has 0 aliphatic carbocycles. The van der Waals surface area contributed by atoms with Crippen LogP contribution in [-0.4, -0.2) is 37.5 Å². The normalized spacial score (nSPS) is 12.6. The number of carbonyl (C=O) groups excluding carboxylic acids is 1. The first-order chi connectivity index (χ1) is 8.40. The quantitative estimate of drug-likeness (QED) is 0.804. The van der Waals surface area contributed by atoms with E-state index in [-0.39, 0.29) is 16.8 Å². The summed E-state index contributed by atoms with van der Waals surface area (Å²) in [5.41, 5.74) is 0.429. The average molecular weight is 270 g/mol. The van der Waals surface area contributed by atoms with Crippen molar-refractivity contribution in [3.8, 4) is 0 Å². The van der Waals surface area contributed by atoms with Gasteiger partial charge < -0.3 is 10.2 Å². The molecule has 0 aliphatic rings. The van der Waals surface area contributed by atoms with Crippen molar-refractivity contribution in [2.45, 2.75) is 24.3 Å². The van der Waals surface area contributed by atoms with E-state index in [4.69, 9.17) is 0 Å². The van der Waals surface area contributed by atoms with Crippen molar-refractivity contribution in [3.05, 3.63) is 29.6 Å². The van der Waals surface area contributed by atoms with Crippen molar-refractivity contribution in [3.63, 3.8) is 0 Å². The van der Waals surface area contributed by atoms with E-state index in [1.165, 1.54) is 18.2 Å². The Hall–Kier alpha value is -1.07. The van der Waals surface area contributed by atoms with Crippen LogP contribution in [-0.2, 0) is 0 Å². The van der Waals surface area contributed by atoms with E-state index in [0.717, 1.165) is 13.0 Å². The van der Waals surface area contributed by atoms with Gasteiger partial charge in [-0.3, -0.25) is 4.79 Å². The number of rotatable bonds is 5. The summed E-state index contributed by atoms with van der Waals surface area (Å²) in [5, 5.41) is 2.88. The van der Waals surface area contributed by atoms with Crippen LogP contribution in [0.15, 0.2) is 23.1 Å². The molecule has 1 amide bonds. The summed E-state index contributed by atoms with van der Waals surface area (Å²) >= 11 is 3.96. The van der Waals surface area contributed by atoms with Gasteiger partial charge in [0.2, 0.25) is 0 Å². The summed E-state index contributed by atoms with van der Waals surface area (Å²) in [6.07, 6.45) is 0.869. The molecular formula is C13H19FN2OS. The van der Waals surface area contributed by atoms with E-state index < -0.39 is 5.82 Å². The van der Waals surface area contributed by atoms with E-state index in [2.05, 4.69) is 22.8 Å². The SMILES string of the molecule is CC(CCN(C)C)NC(=O)c1ccc(F)c(S)c1. The predicted octanol–water partition coefficient (Wildman–Crippen LogP) is 2.18. The van der Waals surface area contributed by atoms with Gasteiger partial charge in [0.1, 0.15) is 5.82 Å². The molecule has 0 spiro atoms. The molecule has 0 saturated heterocycles. The van der Waals surface area contributed by atoms with Crippen molar-refractivity contribution >= 4 is 18.5 Å². The monoisotopic (exact) mass is 270 g/mol. The molecule has 0 fully saturated rings. The molecule has 0 aromatic heterocycles. The fourth-order valence-corrected chi connectivity index (χ4v) is 1.70. The summed E-state index contributed by atoms with van der Waals surface area (Å²) in [7, 11) is 3.98. The Bertz CT molecular complexity index is 423. The molecule has 1 aromatic carbocycles. The zero-order valence-electron chi connectivity index (χ0n) is 10.9. The Morgan fingerprint density at radius 3 is 2.72 bits per heavy atom. The maximum absolute atomic E-state index is 13.0. The van der Waals surface area contributed by atoms with Crippen LogP contribution in [0, 0.1) is 5.82 Å². The number of thiol groups is 1. The standard InChI is InChI=1S/C13H19FN2OS/c1-9(6-7-16(2)3)15-13(17)10-4-5-11(14)12(18)8-10/h4-5,8-9,18H,6-7H2,1-3H3,(H,15,17). The molecule has 0 heterocycles. The molecule has 1 unspecified atom stereocenters. The maximum Gasteiger partial charge on any atom is 0.251 e. The van der Waals surface area contributed by atoms with Crippen LogP contribution in [0.5, 0.6) is 0 Å². The highest BCUT2D eigenvalue weighted by molar-refractivity contribution is 7.80. The molecule has 0 aliphatic heterocycles. The fraction of sp³-hybridized carbons (Fsp3) is 0.462. The summed E-state index contributed by atoms with van der Waals surface area (Å²) in [6.45, 7) is 2.86. The van der Waals surface area contributed by atoms with Gasteiger partial charge in [-0.15, -0.1) is 12.6 Å². The molecule has 0 bridgehead atoms. The lowest BCUT2D eigenvalue weighted by Gasteiger charge is -2.16. The lowest BCUT2D eigenvalue weighted by Crippen LogP contribution is -2.34. The first-order valence-electron chi connectivity index (χ1n) is 5.84. The fourth-order valence-electron chi connectivity index (χ4n) is 1.49. The van der Waals surface area contributed by atoms with Gasteiger partial charge in [0.05, 0.1) is 0 Å². The van der Waals surface area contributed by atoms with Crippen molar-refractivity contribution in [2.24, 2.45) is 0 Å². The minimum Gasteiger partial charge on any atom is -0.350 e. The van der Waals surface area contributed by atoms with Crippen molar-refractivity contribution < 1.29 is 9.18 Å². The summed E-state index contributed by atoms with van der Waals surface area (Å²) in [4.78, 5) is 14.1. The molecule has 1 N–H and O–H groups in total. The second kappa shape index (κ2) is 6.75. The van der Waals surface area contributed by atoms with Crippen LogP contribution < -0.4 is 5.32 Å². The van der Waals surface area contributed by atoms with Crippen LogP contribution in [0.3, 0.4) is 0 Å². The molecule has 0 radical (unpaired) electrons. The first-order valence-corrected chi connectivity index (χ1v) is 6.29. The summed E-state index contributed by atoms with van der Waals surface area (Å²) in [6, 6.07) is 4.23. The predicted molar refractivity (Wildman–Crippen MR) is 73.8 cm³/mol. The van der Waals surface area contributed by atoms with Crippen molar-refractivity contribution in [1.82, 2.24) is 10.2 Å². The third-order valence-corrected chi connectivity index (χ3v) is 2.94. The van der Waals surface area contributed by atoms with Gasteiger partial charge in [0, 0.05) is 16.5 Å². The molecule has 100 valence electrons. The van der Waals surface area contributed by atoms with Gasteiger partial charge in [0.15, 0.2) is 0 Å². The number of hydrogen-bond donors (Lipinski definition) is 2. The molecule has 0 saturated carbocycles. The summed E-state index contributed by atoms with van der Waals surface area (Å²) < 4.78 is 13.0. The molecule has 5 heteroatoms. The third-order valence-electron chi connectivity index (χ3n) is 2.60. The Morgan fingerprint density at radius 2 is 2.17 bits per heavy atom. The highest BCUT2D eigenvalue weighted by atomic mass is 32.1. The van der Waals surface area contributed by atoms with Gasteiger partial charge >= 0.3 is 0 Å². The average Bonchev–Trinajstić information content (AvgIpc) is 2.30. The van der Waals surface area contributed by atoms with E-state index in [1.54, 1.807) is 0 Å². The maximum atomic E-state index is 13.0. The van der Waals surface area contributed by atoms with Crippen LogP contribution in [0.25, 0.3) is 0 Å². The van der Waals surface area contributed by atoms with Gasteiger partial charge in [-0.05, 0) is 52.2 Å². The first kappa shape index (κ1) is 15.0. The van der Waals surface area contributed by atoms with Crippen LogP contribution in [0.1, 0.15) is 23.7 Å². The largest absolute Gasteiger partial charge is 0.350 e. The molecule has 3 nitrogen and oxygen atoms in total. The second-order valence-corrected chi connectivity index (χ2v) is 5.11. The molecule has 1 atom stereocenters. The third kappa shape index (κ3) is 4.66. The lowest BCUT2D eigenvalue weighted by molar-refractivity contribution is 0.0936. The minimum absolute atomic E-state index is 0.0771. The minimum atomic E-state index is -0.421. The number of benzene rings is 1. The Balaban J connectivity index is 2.56. The van der Waals surface area contributed by atoms with Gasteiger partial charge in [-0.1, -0.05) is 0 Å². The Morgan fingerprint density at radius 1 is 1.50 bits per heavy atom. The van der Waals surface area contributed by atoms with E-state index in [0.29, 0.717) is 5.56 Å². The number of amides is 1. The van der Waals surface area contributed by atoms with Crippen LogP contribution in [0.4, 0.5) is 4.39 Å². The van der Waals surface area contributed by atoms with Crippen molar-refractivity contribution in [1.29, 1.82) is 0 Å². The zero-order chi connectivity index (χ0) is 13.7. The number of hydrogen-bond acceptors (Lipinski definition) is 3. The van der Waals surface area contributed by atoms with E-state index >= 15 is 0 Å².